The lowest BCUT2D eigenvalue weighted by Crippen LogP contribution is -2.31. The molecule has 0 bridgehead atoms. The summed E-state index contributed by atoms with van der Waals surface area (Å²) in [5.41, 5.74) is 8.09. The third-order valence-corrected chi connectivity index (χ3v) is 7.36. The van der Waals surface area contributed by atoms with Crippen LogP contribution >= 0.6 is 0 Å². The SMILES string of the molecule is CC1CCCN1c1cc(-c2cnc(N)c(Oc3cnn(C4CCN(C)CC4)c3)n2)cc(CN(C)C(=O)O)n1. The van der Waals surface area contributed by atoms with Crippen LogP contribution in [0.25, 0.3) is 11.3 Å². The normalized spacial score (nSPS) is 18.6. The Morgan fingerprint density at radius 1 is 1.18 bits per heavy atom. The van der Waals surface area contributed by atoms with E-state index in [1.165, 1.54) is 11.9 Å². The summed E-state index contributed by atoms with van der Waals surface area (Å²) in [6.07, 6.45) is 8.37. The number of aromatic nitrogens is 5. The summed E-state index contributed by atoms with van der Waals surface area (Å²) in [7, 11) is 3.66. The highest BCUT2D eigenvalue weighted by atomic mass is 16.5. The van der Waals surface area contributed by atoms with Gasteiger partial charge in [0.25, 0.3) is 5.88 Å². The first kappa shape index (κ1) is 25.7. The van der Waals surface area contributed by atoms with Crippen molar-refractivity contribution in [1.82, 2.24) is 34.5 Å². The number of ether oxygens (including phenoxy) is 1. The fourth-order valence-corrected chi connectivity index (χ4v) is 5.07. The van der Waals surface area contributed by atoms with Gasteiger partial charge in [-0.05, 0) is 64.9 Å². The summed E-state index contributed by atoms with van der Waals surface area (Å²) in [6, 6.07) is 4.49. The zero-order chi connectivity index (χ0) is 26.8. The van der Waals surface area contributed by atoms with Crippen LogP contribution in [-0.2, 0) is 6.54 Å². The van der Waals surface area contributed by atoms with E-state index >= 15 is 0 Å². The van der Waals surface area contributed by atoms with Crippen LogP contribution in [0.3, 0.4) is 0 Å². The highest BCUT2D eigenvalue weighted by molar-refractivity contribution is 5.67. The molecule has 1 unspecified atom stereocenters. The van der Waals surface area contributed by atoms with E-state index in [0.29, 0.717) is 29.2 Å². The van der Waals surface area contributed by atoms with Crippen molar-refractivity contribution >= 4 is 17.7 Å². The van der Waals surface area contributed by atoms with Gasteiger partial charge in [-0.15, -0.1) is 0 Å². The number of carbonyl (C=O) groups is 1. The van der Waals surface area contributed by atoms with E-state index < -0.39 is 6.09 Å². The molecule has 0 spiro atoms. The van der Waals surface area contributed by atoms with Gasteiger partial charge in [0.05, 0.1) is 42.6 Å². The van der Waals surface area contributed by atoms with Crippen LogP contribution < -0.4 is 15.4 Å². The number of nitrogens with two attached hydrogens (primary N) is 1. The molecular weight excluding hydrogens is 486 g/mol. The number of piperidine rings is 1. The Kier molecular flexibility index (Phi) is 7.32. The number of carboxylic acid groups (broad SMARTS) is 1. The first-order chi connectivity index (χ1) is 18.3. The molecule has 2 saturated heterocycles. The van der Waals surface area contributed by atoms with E-state index in [-0.39, 0.29) is 18.2 Å². The Labute approximate surface area is 222 Å². The Hall–Kier alpha value is -3.93. The maximum Gasteiger partial charge on any atom is 0.407 e. The van der Waals surface area contributed by atoms with Crippen molar-refractivity contribution in [2.45, 2.75) is 51.2 Å². The first-order valence-electron chi connectivity index (χ1n) is 13.0. The molecular formula is C26H35N9O3. The predicted molar refractivity (Wildman–Crippen MR) is 143 cm³/mol. The zero-order valence-corrected chi connectivity index (χ0v) is 22.1. The molecule has 0 aliphatic carbocycles. The van der Waals surface area contributed by atoms with Crippen molar-refractivity contribution < 1.29 is 14.6 Å². The number of amides is 1. The quantitative estimate of drug-likeness (QED) is 0.475. The smallest absolute Gasteiger partial charge is 0.407 e. The Balaban J connectivity index is 1.42. The molecule has 3 N–H and O–H groups in total. The number of likely N-dealkylation sites (tertiary alicyclic amines) is 1. The minimum absolute atomic E-state index is 0.153. The molecule has 12 nitrogen and oxygen atoms in total. The van der Waals surface area contributed by atoms with Crippen molar-refractivity contribution in [1.29, 1.82) is 0 Å². The topological polar surface area (TPSA) is 139 Å². The van der Waals surface area contributed by atoms with E-state index in [1.54, 1.807) is 12.4 Å². The summed E-state index contributed by atoms with van der Waals surface area (Å²) < 4.78 is 7.98. The fraction of sp³-hybridized carbons (Fsp3) is 0.500. The Bertz CT molecular complexity index is 1290. The van der Waals surface area contributed by atoms with Crippen LogP contribution in [0.15, 0.2) is 30.7 Å². The molecule has 0 aromatic carbocycles. The van der Waals surface area contributed by atoms with Gasteiger partial charge in [0.2, 0.25) is 0 Å². The van der Waals surface area contributed by atoms with Crippen molar-refractivity contribution in [3.05, 3.63) is 36.4 Å². The van der Waals surface area contributed by atoms with Crippen LogP contribution in [0.2, 0.25) is 0 Å². The minimum atomic E-state index is -1.02. The molecule has 1 atom stereocenters. The van der Waals surface area contributed by atoms with Crippen LogP contribution in [0.5, 0.6) is 11.6 Å². The van der Waals surface area contributed by atoms with Gasteiger partial charge in [-0.25, -0.2) is 19.7 Å². The van der Waals surface area contributed by atoms with Crippen LogP contribution in [0.4, 0.5) is 16.4 Å². The monoisotopic (exact) mass is 521 g/mol. The van der Waals surface area contributed by atoms with Gasteiger partial charge < -0.3 is 30.3 Å². The average molecular weight is 522 g/mol. The lowest BCUT2D eigenvalue weighted by molar-refractivity contribution is 0.153. The predicted octanol–water partition coefficient (Wildman–Crippen LogP) is 3.47. The third-order valence-electron chi connectivity index (χ3n) is 7.36. The molecule has 0 saturated carbocycles. The minimum Gasteiger partial charge on any atom is -0.465 e. The van der Waals surface area contributed by atoms with Gasteiger partial charge in [0.15, 0.2) is 11.6 Å². The average Bonchev–Trinajstić information content (AvgIpc) is 3.54. The van der Waals surface area contributed by atoms with E-state index in [0.717, 1.165) is 56.7 Å². The highest BCUT2D eigenvalue weighted by Gasteiger charge is 2.24. The maximum atomic E-state index is 11.5. The summed E-state index contributed by atoms with van der Waals surface area (Å²) in [5, 5.41) is 13.9. The highest BCUT2D eigenvalue weighted by Crippen LogP contribution is 2.32. The fourth-order valence-electron chi connectivity index (χ4n) is 5.07. The van der Waals surface area contributed by atoms with E-state index in [9.17, 15) is 9.90 Å². The van der Waals surface area contributed by atoms with Crippen LogP contribution in [0, 0.1) is 0 Å². The number of hydrogen-bond donors (Lipinski definition) is 2. The molecule has 3 aromatic rings. The molecule has 1 amide bonds. The molecule has 3 aromatic heterocycles. The number of anilines is 2. The van der Waals surface area contributed by atoms with Gasteiger partial charge in [0, 0.05) is 25.2 Å². The number of nitrogen functional groups attached to an aromatic ring is 1. The second kappa shape index (κ2) is 10.8. The lowest BCUT2D eigenvalue weighted by atomic mass is 10.1. The molecule has 12 heteroatoms. The standard InChI is InChI=1S/C26H35N9O3/c1-17-5-4-8-34(17)23-12-18(11-19(30-23)15-33(3)26(36)37)22-14-28-24(27)25(31-22)38-21-13-29-35(16-21)20-6-9-32(2)10-7-20/h11-14,16-17,20H,4-10,15H2,1-3H3,(H2,27,28)(H,36,37). The number of nitrogens with zero attached hydrogens (tertiary/aromatic N) is 8. The second-order valence-electron chi connectivity index (χ2n) is 10.3. The molecule has 2 fully saturated rings. The first-order valence-corrected chi connectivity index (χ1v) is 13.0. The van der Waals surface area contributed by atoms with Crippen molar-refractivity contribution in [2.24, 2.45) is 0 Å². The number of rotatable bonds is 7. The van der Waals surface area contributed by atoms with Crippen LogP contribution in [-0.4, -0.2) is 85.5 Å². The Morgan fingerprint density at radius 2 is 1.97 bits per heavy atom. The lowest BCUT2D eigenvalue weighted by Gasteiger charge is -2.28. The second-order valence-corrected chi connectivity index (χ2v) is 10.3. The zero-order valence-electron chi connectivity index (χ0n) is 22.1. The van der Waals surface area contributed by atoms with Crippen LogP contribution in [0.1, 0.15) is 44.3 Å². The van der Waals surface area contributed by atoms with Crippen molar-refractivity contribution in [3.63, 3.8) is 0 Å². The molecule has 2 aliphatic heterocycles. The maximum absolute atomic E-state index is 11.5. The van der Waals surface area contributed by atoms with E-state index in [2.05, 4.69) is 38.8 Å². The third kappa shape index (κ3) is 5.64. The molecule has 0 radical (unpaired) electrons. The largest absolute Gasteiger partial charge is 0.465 e. The van der Waals surface area contributed by atoms with Gasteiger partial charge in [-0.1, -0.05) is 0 Å². The molecule has 202 valence electrons. The van der Waals surface area contributed by atoms with E-state index in [4.69, 9.17) is 15.5 Å². The molecule has 5 heterocycles. The number of pyridine rings is 1. The van der Waals surface area contributed by atoms with Crippen molar-refractivity contribution in [3.8, 4) is 22.9 Å². The summed E-state index contributed by atoms with van der Waals surface area (Å²) in [4.78, 5) is 31.0. The van der Waals surface area contributed by atoms with E-state index in [1.807, 2.05) is 23.0 Å². The Morgan fingerprint density at radius 3 is 2.68 bits per heavy atom. The van der Waals surface area contributed by atoms with Gasteiger partial charge in [-0.3, -0.25) is 4.68 Å². The van der Waals surface area contributed by atoms with Gasteiger partial charge >= 0.3 is 6.09 Å². The summed E-state index contributed by atoms with van der Waals surface area (Å²) in [6.45, 7) is 5.30. The molecule has 38 heavy (non-hydrogen) atoms. The summed E-state index contributed by atoms with van der Waals surface area (Å²) in [5.74, 6) is 1.71. The summed E-state index contributed by atoms with van der Waals surface area (Å²) >= 11 is 0. The van der Waals surface area contributed by atoms with Gasteiger partial charge in [0.1, 0.15) is 5.82 Å². The number of hydrogen-bond acceptors (Lipinski definition) is 9. The molecule has 5 rings (SSSR count). The molecule has 2 aliphatic rings. The van der Waals surface area contributed by atoms with Gasteiger partial charge in [-0.2, -0.15) is 5.10 Å². The van der Waals surface area contributed by atoms with Crippen molar-refractivity contribution in [2.75, 3.05) is 44.4 Å².